The Morgan fingerprint density at radius 2 is 1.74 bits per heavy atom. The lowest BCUT2D eigenvalue weighted by Crippen LogP contribution is -2.56. The SMILES string of the molecule is C[n+]1c2n(c3cnccc31)[N+]13c4c(cccc4-2)Oc2ccc4sc5cccc6c7cccn1c7[n+](c4c23)c56. The Morgan fingerprint density at radius 3 is 2.71 bits per heavy atom. The maximum atomic E-state index is 6.75. The number of fused-ring (bicyclic) bond motifs is 5. The number of para-hydroxylation sites is 2. The van der Waals surface area contributed by atoms with Gasteiger partial charge in [0.15, 0.2) is 23.0 Å². The van der Waals surface area contributed by atoms with Crippen LogP contribution < -0.4 is 18.4 Å². The Kier molecular flexibility index (Phi) is 2.69. The fraction of sp³-hybridized carbons (Fsp3) is 0.0333. The van der Waals surface area contributed by atoms with Crippen LogP contribution in [-0.4, -0.2) is 14.3 Å². The van der Waals surface area contributed by atoms with Crippen LogP contribution in [0, 0.1) is 0 Å². The Labute approximate surface area is 218 Å². The number of pyridine rings is 2. The molecule has 0 N–H and O–H groups in total. The van der Waals surface area contributed by atoms with Crippen LogP contribution >= 0.6 is 11.3 Å². The van der Waals surface area contributed by atoms with Gasteiger partial charge in [0.1, 0.15) is 5.56 Å². The van der Waals surface area contributed by atoms with Crippen LogP contribution in [0.25, 0.3) is 59.3 Å². The summed E-state index contributed by atoms with van der Waals surface area (Å²) in [6, 6.07) is 24.0. The second kappa shape index (κ2) is 5.55. The molecule has 11 rings (SSSR count). The van der Waals surface area contributed by atoms with Crippen LogP contribution in [0.15, 0.2) is 85.3 Å². The molecule has 1 atom stereocenters. The van der Waals surface area contributed by atoms with Gasteiger partial charge >= 0.3 is 17.2 Å². The van der Waals surface area contributed by atoms with E-state index >= 15 is 0 Å². The van der Waals surface area contributed by atoms with Gasteiger partial charge in [0.25, 0.3) is 11.2 Å². The van der Waals surface area contributed by atoms with E-state index in [1.165, 1.54) is 42.4 Å². The minimum Gasteiger partial charge on any atom is -0.444 e. The number of hydrogen-bond acceptors (Lipinski definition) is 3. The van der Waals surface area contributed by atoms with Crippen LogP contribution in [0.4, 0.5) is 11.4 Å². The lowest BCUT2D eigenvalue weighted by Gasteiger charge is -2.32. The van der Waals surface area contributed by atoms with Gasteiger partial charge in [-0.1, -0.05) is 12.1 Å². The van der Waals surface area contributed by atoms with E-state index in [1.54, 1.807) is 0 Å². The van der Waals surface area contributed by atoms with E-state index in [1.807, 2.05) is 23.7 Å². The van der Waals surface area contributed by atoms with Crippen molar-refractivity contribution < 1.29 is 13.7 Å². The first-order valence-corrected chi connectivity index (χ1v) is 13.5. The summed E-state index contributed by atoms with van der Waals surface area (Å²) in [5.41, 5.74) is 9.32. The fourth-order valence-electron chi connectivity index (χ4n) is 7.51. The number of aryl methyl sites for hydroxylation is 1. The molecule has 1 spiro atoms. The van der Waals surface area contributed by atoms with Crippen molar-refractivity contribution in [1.29, 1.82) is 0 Å². The number of benzene rings is 3. The van der Waals surface area contributed by atoms with Crippen LogP contribution in [0.3, 0.4) is 0 Å². The maximum Gasteiger partial charge on any atom is 0.352 e. The molecular weight excluding hydrogens is 492 g/mol. The first-order chi connectivity index (χ1) is 18.8. The fourth-order valence-corrected chi connectivity index (χ4v) is 8.61. The molecule has 3 aliphatic rings. The third-order valence-electron chi connectivity index (χ3n) is 8.76. The predicted octanol–water partition coefficient (Wildman–Crippen LogP) is 5.89. The van der Waals surface area contributed by atoms with E-state index in [2.05, 4.69) is 103 Å². The second-order valence-corrected chi connectivity index (χ2v) is 11.4. The Bertz CT molecular complexity index is 2470. The second-order valence-electron chi connectivity index (χ2n) is 10.4. The van der Waals surface area contributed by atoms with E-state index in [0.29, 0.717) is 4.70 Å². The molecule has 0 bridgehead atoms. The largest absolute Gasteiger partial charge is 0.444 e. The summed E-state index contributed by atoms with van der Waals surface area (Å²) >= 11 is 1.85. The van der Waals surface area contributed by atoms with Crippen molar-refractivity contribution in [3.05, 3.63) is 85.3 Å². The van der Waals surface area contributed by atoms with Gasteiger partial charge in [0, 0.05) is 22.3 Å². The summed E-state index contributed by atoms with van der Waals surface area (Å²) in [6.07, 6.45) is 6.11. The van der Waals surface area contributed by atoms with Gasteiger partial charge in [0.2, 0.25) is 11.3 Å². The Hall–Kier alpha value is -4.79. The highest BCUT2D eigenvalue weighted by atomic mass is 32.1. The monoisotopic (exact) mass is 509 g/mol. The van der Waals surface area contributed by atoms with Crippen LogP contribution in [-0.2, 0) is 7.05 Å². The molecule has 8 heterocycles. The van der Waals surface area contributed by atoms with Crippen molar-refractivity contribution in [2.75, 3.05) is 0 Å². The van der Waals surface area contributed by atoms with Crippen molar-refractivity contribution in [2.24, 2.45) is 7.05 Å². The summed E-state index contributed by atoms with van der Waals surface area (Å²) in [5, 5.41) is 2.53. The number of rotatable bonds is 0. The Morgan fingerprint density at radius 1 is 0.868 bits per heavy atom. The van der Waals surface area contributed by atoms with E-state index < -0.39 is 0 Å². The molecule has 3 aromatic carbocycles. The first kappa shape index (κ1) is 18.5. The van der Waals surface area contributed by atoms with E-state index in [0.717, 1.165) is 39.7 Å². The lowest BCUT2D eigenvalue weighted by atomic mass is 10.1. The zero-order chi connectivity index (χ0) is 24.5. The molecule has 5 aromatic heterocycles. The molecule has 38 heavy (non-hydrogen) atoms. The maximum absolute atomic E-state index is 6.75. The van der Waals surface area contributed by atoms with E-state index in [9.17, 15) is 0 Å². The number of quaternary nitrogens is 1. The summed E-state index contributed by atoms with van der Waals surface area (Å²) in [4.78, 5) is 4.60. The van der Waals surface area contributed by atoms with Crippen molar-refractivity contribution in [3.63, 3.8) is 0 Å². The zero-order valence-electron chi connectivity index (χ0n) is 20.1. The van der Waals surface area contributed by atoms with Gasteiger partial charge < -0.3 is 4.74 Å². The molecule has 0 aliphatic carbocycles. The van der Waals surface area contributed by atoms with Crippen molar-refractivity contribution >= 4 is 70.6 Å². The highest BCUT2D eigenvalue weighted by molar-refractivity contribution is 7.24. The van der Waals surface area contributed by atoms with Crippen LogP contribution in [0.1, 0.15) is 0 Å². The van der Waals surface area contributed by atoms with Gasteiger partial charge in [-0.15, -0.1) is 11.3 Å². The molecule has 7 nitrogen and oxygen atoms in total. The molecule has 8 aromatic rings. The highest BCUT2D eigenvalue weighted by Crippen LogP contribution is 2.63. The summed E-state index contributed by atoms with van der Waals surface area (Å²) in [5.74, 6) is 2.90. The molecule has 8 heteroatoms. The summed E-state index contributed by atoms with van der Waals surface area (Å²) in [6.45, 7) is 0. The number of nitrogens with zero attached hydrogens (tertiary/aromatic N) is 6. The third kappa shape index (κ3) is 1.61. The van der Waals surface area contributed by atoms with Crippen LogP contribution in [0.2, 0.25) is 0 Å². The van der Waals surface area contributed by atoms with E-state index in [-0.39, 0.29) is 0 Å². The molecule has 0 saturated heterocycles. The highest BCUT2D eigenvalue weighted by Gasteiger charge is 2.68. The number of aromatic nitrogens is 5. The summed E-state index contributed by atoms with van der Waals surface area (Å²) in [7, 11) is 2.15. The number of imidazole rings is 1. The predicted molar refractivity (Wildman–Crippen MR) is 147 cm³/mol. The normalized spacial score (nSPS) is 17.9. The zero-order valence-corrected chi connectivity index (χ0v) is 20.9. The Balaban J connectivity index is 1.55. The minimum absolute atomic E-state index is 0.367. The molecule has 3 aliphatic heterocycles. The smallest absolute Gasteiger partial charge is 0.352 e. The van der Waals surface area contributed by atoms with Gasteiger partial charge in [0.05, 0.1) is 32.7 Å². The quantitative estimate of drug-likeness (QED) is 0.145. The van der Waals surface area contributed by atoms with Gasteiger partial charge in [-0.2, -0.15) is 4.40 Å². The van der Waals surface area contributed by atoms with Crippen molar-refractivity contribution in [1.82, 2.24) is 19.0 Å². The standard InChI is InChI=1S/C30H17N6OS/c1-32-19-12-13-31-15-20(19)35-29(32)18-6-2-8-21-27(18)36(35)28-22(37-21)10-11-24-26(28)34-25-16(5-3-9-23(25)38-24)17-7-4-14-33(36)30(17)34/h2-15H,1H3/q+3. The van der Waals surface area contributed by atoms with Crippen molar-refractivity contribution in [2.45, 2.75) is 0 Å². The molecule has 0 radical (unpaired) electrons. The number of ether oxygens (including phenoxy) is 1. The average Bonchev–Trinajstić information content (AvgIpc) is 3.57. The van der Waals surface area contributed by atoms with Crippen LogP contribution in [0.5, 0.6) is 11.5 Å². The van der Waals surface area contributed by atoms with Gasteiger partial charge in [-0.05, 0) is 53.2 Å². The molecule has 0 fully saturated rings. The van der Waals surface area contributed by atoms with Gasteiger partial charge in [-0.3, -0.25) is 4.98 Å². The molecule has 0 saturated carbocycles. The molecule has 176 valence electrons. The minimum atomic E-state index is 0.367. The molecular formula is C30H17N6OS+3. The van der Waals surface area contributed by atoms with Crippen molar-refractivity contribution in [3.8, 4) is 22.9 Å². The lowest BCUT2D eigenvalue weighted by molar-refractivity contribution is -0.634. The van der Waals surface area contributed by atoms with Gasteiger partial charge in [-0.25, -0.2) is 4.57 Å². The van der Waals surface area contributed by atoms with E-state index in [4.69, 9.17) is 4.74 Å². The topological polar surface area (TPSA) is 40.0 Å². The first-order valence-electron chi connectivity index (χ1n) is 12.7. The molecule has 1 unspecified atom stereocenters. The average molecular weight is 510 g/mol. The molecule has 0 amide bonds. The number of hydrogen-bond donors (Lipinski definition) is 0. The summed E-state index contributed by atoms with van der Waals surface area (Å²) < 4.78 is 19.3. The third-order valence-corrected chi connectivity index (χ3v) is 9.86.